The molecule has 0 bridgehead atoms. The minimum absolute atomic E-state index is 0.935. The Balaban J connectivity index is 2.00. The Labute approximate surface area is 149 Å². The number of fused-ring (bicyclic) bond motifs is 9. The van der Waals surface area contributed by atoms with E-state index in [1.54, 1.807) is 0 Å². The van der Waals surface area contributed by atoms with Gasteiger partial charge in [-0.15, -0.1) is 0 Å². The summed E-state index contributed by atoms with van der Waals surface area (Å²) in [5, 5.41) is 7.32. The summed E-state index contributed by atoms with van der Waals surface area (Å²) in [6.45, 7) is 0. The fourth-order valence-electron chi connectivity index (χ4n) is 4.04. The molecule has 2 heteroatoms. The summed E-state index contributed by atoms with van der Waals surface area (Å²) in [6, 6.07) is 29.6. The van der Waals surface area contributed by atoms with Gasteiger partial charge in [0.1, 0.15) is 0 Å². The Kier molecular flexibility index (Phi) is 2.64. The smallest absolute Gasteiger partial charge is 0.0979 e. The standard InChI is InChI=1S/C24H14N2/c1-2-8-16-15(7-1)13-14-19-22(16)17-9-3-4-10-18(17)23-24(19)26-21-12-6-5-11-20(21)25-23/h1-14H. The second kappa shape index (κ2) is 4.99. The first-order chi connectivity index (χ1) is 12.9. The van der Waals surface area contributed by atoms with Crippen LogP contribution in [0.1, 0.15) is 0 Å². The molecular weight excluding hydrogens is 316 g/mol. The van der Waals surface area contributed by atoms with E-state index in [1.165, 1.54) is 21.5 Å². The highest BCUT2D eigenvalue weighted by molar-refractivity contribution is 6.30. The van der Waals surface area contributed by atoms with Crippen molar-refractivity contribution < 1.29 is 0 Å². The second-order valence-electron chi connectivity index (χ2n) is 6.66. The number of hydrogen-bond acceptors (Lipinski definition) is 2. The van der Waals surface area contributed by atoms with E-state index in [1.807, 2.05) is 24.3 Å². The van der Waals surface area contributed by atoms with E-state index in [2.05, 4.69) is 60.7 Å². The van der Waals surface area contributed by atoms with Crippen molar-refractivity contribution in [1.82, 2.24) is 9.97 Å². The Morgan fingerprint density at radius 3 is 1.77 bits per heavy atom. The molecule has 6 rings (SSSR count). The quantitative estimate of drug-likeness (QED) is 0.243. The van der Waals surface area contributed by atoms with E-state index in [0.29, 0.717) is 0 Å². The predicted molar refractivity (Wildman–Crippen MR) is 110 cm³/mol. The van der Waals surface area contributed by atoms with Gasteiger partial charge in [0.2, 0.25) is 0 Å². The van der Waals surface area contributed by atoms with Crippen LogP contribution in [0.5, 0.6) is 0 Å². The summed E-state index contributed by atoms with van der Waals surface area (Å²) in [4.78, 5) is 9.97. The van der Waals surface area contributed by atoms with Crippen molar-refractivity contribution in [2.24, 2.45) is 0 Å². The Morgan fingerprint density at radius 2 is 1.00 bits per heavy atom. The topological polar surface area (TPSA) is 25.8 Å². The molecule has 0 unspecified atom stereocenters. The summed E-state index contributed by atoms with van der Waals surface area (Å²) < 4.78 is 0. The first-order valence-corrected chi connectivity index (χ1v) is 8.79. The summed E-state index contributed by atoms with van der Waals surface area (Å²) in [5.41, 5.74) is 3.82. The number of hydrogen-bond donors (Lipinski definition) is 0. The fraction of sp³-hybridized carbons (Fsp3) is 0. The van der Waals surface area contributed by atoms with Crippen LogP contribution in [-0.2, 0) is 0 Å². The van der Waals surface area contributed by atoms with Gasteiger partial charge in [0.25, 0.3) is 0 Å². The summed E-state index contributed by atoms with van der Waals surface area (Å²) in [5.74, 6) is 0. The Hall–Kier alpha value is -3.52. The molecule has 26 heavy (non-hydrogen) atoms. The normalized spacial score (nSPS) is 11.8. The molecule has 0 saturated carbocycles. The molecule has 6 aromatic rings. The molecule has 0 saturated heterocycles. The van der Waals surface area contributed by atoms with E-state index in [0.717, 1.165) is 32.8 Å². The lowest BCUT2D eigenvalue weighted by molar-refractivity contribution is 1.42. The first kappa shape index (κ1) is 13.7. The van der Waals surface area contributed by atoms with Gasteiger partial charge >= 0.3 is 0 Å². The second-order valence-corrected chi connectivity index (χ2v) is 6.66. The maximum Gasteiger partial charge on any atom is 0.0979 e. The Bertz CT molecular complexity index is 1470. The fourth-order valence-corrected chi connectivity index (χ4v) is 4.04. The molecule has 0 N–H and O–H groups in total. The molecule has 0 aliphatic rings. The van der Waals surface area contributed by atoms with Crippen LogP contribution in [0.2, 0.25) is 0 Å². The molecule has 0 spiro atoms. The first-order valence-electron chi connectivity index (χ1n) is 8.79. The summed E-state index contributed by atoms with van der Waals surface area (Å²) >= 11 is 0. The van der Waals surface area contributed by atoms with Gasteiger partial charge in [-0.1, -0.05) is 72.8 Å². The highest BCUT2D eigenvalue weighted by atomic mass is 14.8. The van der Waals surface area contributed by atoms with Crippen LogP contribution in [0.25, 0.3) is 54.4 Å². The lowest BCUT2D eigenvalue weighted by atomic mass is 9.95. The lowest BCUT2D eigenvalue weighted by Crippen LogP contribution is -1.91. The predicted octanol–water partition coefficient (Wildman–Crippen LogP) is 6.24. The molecule has 0 aliphatic carbocycles. The van der Waals surface area contributed by atoms with Gasteiger partial charge in [-0.25, -0.2) is 9.97 Å². The zero-order valence-electron chi connectivity index (χ0n) is 14.0. The zero-order valence-corrected chi connectivity index (χ0v) is 14.0. The molecule has 0 amide bonds. The highest BCUT2D eigenvalue weighted by Gasteiger charge is 2.13. The van der Waals surface area contributed by atoms with Crippen molar-refractivity contribution >= 4 is 54.4 Å². The lowest BCUT2D eigenvalue weighted by Gasteiger charge is -2.12. The molecule has 5 aromatic carbocycles. The molecule has 2 nitrogen and oxygen atoms in total. The van der Waals surface area contributed by atoms with Crippen molar-refractivity contribution in [3.8, 4) is 0 Å². The average Bonchev–Trinajstić information content (AvgIpc) is 2.72. The number of nitrogens with zero attached hydrogens (tertiary/aromatic N) is 2. The molecule has 1 aromatic heterocycles. The minimum Gasteiger partial charge on any atom is -0.244 e. The number of para-hydroxylation sites is 2. The molecule has 1 heterocycles. The van der Waals surface area contributed by atoms with Crippen LogP contribution in [0.4, 0.5) is 0 Å². The van der Waals surface area contributed by atoms with Gasteiger partial charge in [-0.2, -0.15) is 0 Å². The van der Waals surface area contributed by atoms with Crippen LogP contribution in [0.3, 0.4) is 0 Å². The number of rotatable bonds is 0. The monoisotopic (exact) mass is 330 g/mol. The van der Waals surface area contributed by atoms with Crippen LogP contribution in [0, 0.1) is 0 Å². The van der Waals surface area contributed by atoms with Crippen molar-refractivity contribution in [3.05, 3.63) is 84.9 Å². The Morgan fingerprint density at radius 1 is 0.423 bits per heavy atom. The van der Waals surface area contributed by atoms with E-state index in [-0.39, 0.29) is 0 Å². The van der Waals surface area contributed by atoms with Gasteiger partial charge in [0.15, 0.2) is 0 Å². The van der Waals surface area contributed by atoms with Crippen LogP contribution < -0.4 is 0 Å². The van der Waals surface area contributed by atoms with Crippen molar-refractivity contribution in [2.45, 2.75) is 0 Å². The summed E-state index contributed by atoms with van der Waals surface area (Å²) in [6.07, 6.45) is 0. The van der Waals surface area contributed by atoms with Crippen LogP contribution >= 0.6 is 0 Å². The highest BCUT2D eigenvalue weighted by Crippen LogP contribution is 2.37. The maximum absolute atomic E-state index is 5.00. The maximum atomic E-state index is 5.00. The van der Waals surface area contributed by atoms with Crippen molar-refractivity contribution in [2.75, 3.05) is 0 Å². The minimum atomic E-state index is 0.935. The van der Waals surface area contributed by atoms with E-state index >= 15 is 0 Å². The van der Waals surface area contributed by atoms with Crippen molar-refractivity contribution in [1.29, 1.82) is 0 Å². The molecule has 120 valence electrons. The zero-order chi connectivity index (χ0) is 17.1. The van der Waals surface area contributed by atoms with E-state index in [4.69, 9.17) is 9.97 Å². The molecule has 0 atom stereocenters. The number of aromatic nitrogens is 2. The SMILES string of the molecule is c1ccc2c(c1)ccc1c3nc4ccccc4nc3c3ccccc3c21. The average molecular weight is 330 g/mol. The largest absolute Gasteiger partial charge is 0.244 e. The molecule has 0 fully saturated rings. The van der Waals surface area contributed by atoms with Crippen LogP contribution in [0.15, 0.2) is 84.9 Å². The van der Waals surface area contributed by atoms with E-state index in [9.17, 15) is 0 Å². The summed E-state index contributed by atoms with van der Waals surface area (Å²) in [7, 11) is 0. The van der Waals surface area contributed by atoms with E-state index < -0.39 is 0 Å². The van der Waals surface area contributed by atoms with Crippen LogP contribution in [-0.4, -0.2) is 9.97 Å². The third kappa shape index (κ3) is 1.76. The van der Waals surface area contributed by atoms with Gasteiger partial charge in [-0.3, -0.25) is 0 Å². The third-order valence-corrected chi connectivity index (χ3v) is 5.21. The molecular formula is C24H14N2. The van der Waals surface area contributed by atoms with Gasteiger partial charge in [0.05, 0.1) is 22.1 Å². The van der Waals surface area contributed by atoms with Crippen molar-refractivity contribution in [3.63, 3.8) is 0 Å². The number of benzene rings is 5. The van der Waals surface area contributed by atoms with Gasteiger partial charge < -0.3 is 0 Å². The third-order valence-electron chi connectivity index (χ3n) is 5.21. The molecule has 0 aliphatic heterocycles. The van der Waals surface area contributed by atoms with Gasteiger partial charge in [0, 0.05) is 10.8 Å². The van der Waals surface area contributed by atoms with Gasteiger partial charge in [-0.05, 0) is 33.7 Å². The molecule has 0 radical (unpaired) electrons.